The van der Waals surface area contributed by atoms with Crippen molar-refractivity contribution in [3.05, 3.63) is 66.4 Å². The Labute approximate surface area is 126 Å². The van der Waals surface area contributed by atoms with Crippen LogP contribution in [0.2, 0.25) is 0 Å². The molecule has 1 aliphatic carbocycles. The van der Waals surface area contributed by atoms with E-state index in [1.807, 2.05) is 24.3 Å². The van der Waals surface area contributed by atoms with Gasteiger partial charge in [0.15, 0.2) is 0 Å². The Morgan fingerprint density at radius 1 is 1.33 bits per heavy atom. The Kier molecular flexibility index (Phi) is 5.83. The average Bonchev–Trinajstić information content (AvgIpc) is 2.56. The van der Waals surface area contributed by atoms with E-state index in [-0.39, 0.29) is 5.97 Å². The molecule has 0 atom stereocenters. The fourth-order valence-corrected chi connectivity index (χ4v) is 2.31. The van der Waals surface area contributed by atoms with Crippen molar-refractivity contribution in [1.29, 1.82) is 0 Å². The number of nitrogens with zero attached hydrogens (tertiary/aromatic N) is 1. The van der Waals surface area contributed by atoms with Gasteiger partial charge in [-0.25, -0.2) is 4.79 Å². The molecule has 2 rings (SSSR count). The molecule has 21 heavy (non-hydrogen) atoms. The number of anilines is 1. The summed E-state index contributed by atoms with van der Waals surface area (Å²) in [6.07, 6.45) is 12.7. The molecule has 0 heterocycles. The van der Waals surface area contributed by atoms with Crippen LogP contribution in [0.5, 0.6) is 0 Å². The molecule has 3 heteroatoms. The van der Waals surface area contributed by atoms with Crippen LogP contribution in [0.1, 0.15) is 19.3 Å². The van der Waals surface area contributed by atoms with Crippen LogP contribution in [-0.2, 0) is 9.53 Å². The maximum Gasteiger partial charge on any atom is 0.330 e. The summed E-state index contributed by atoms with van der Waals surface area (Å²) >= 11 is 0. The van der Waals surface area contributed by atoms with Crippen LogP contribution in [0.3, 0.4) is 0 Å². The third kappa shape index (κ3) is 4.63. The maximum absolute atomic E-state index is 11.1. The van der Waals surface area contributed by atoms with Crippen LogP contribution in [0.15, 0.2) is 66.4 Å². The first-order valence-electron chi connectivity index (χ1n) is 7.24. The predicted octanol–water partition coefficient (Wildman–Crippen LogP) is 3.85. The Morgan fingerprint density at radius 2 is 2.14 bits per heavy atom. The van der Waals surface area contributed by atoms with Crippen molar-refractivity contribution in [3.63, 3.8) is 0 Å². The topological polar surface area (TPSA) is 29.5 Å². The van der Waals surface area contributed by atoms with Gasteiger partial charge in [0.25, 0.3) is 0 Å². The van der Waals surface area contributed by atoms with E-state index in [1.165, 1.54) is 24.6 Å². The second kappa shape index (κ2) is 8.10. The van der Waals surface area contributed by atoms with E-state index in [9.17, 15) is 4.79 Å². The lowest BCUT2D eigenvalue weighted by Crippen LogP contribution is -2.24. The fraction of sp³-hybridized carbons (Fsp3) is 0.278. The SMILES string of the molecule is COC(=O)/C=C/CCN(C1=CC=CCC1)c1ccccc1. The van der Waals surface area contributed by atoms with Crippen molar-refractivity contribution in [2.75, 3.05) is 18.6 Å². The van der Waals surface area contributed by atoms with Crippen molar-refractivity contribution >= 4 is 11.7 Å². The molecule has 1 aliphatic rings. The zero-order chi connectivity index (χ0) is 14.9. The number of para-hydroxylation sites is 1. The smallest absolute Gasteiger partial charge is 0.330 e. The first-order valence-corrected chi connectivity index (χ1v) is 7.24. The largest absolute Gasteiger partial charge is 0.466 e. The normalized spacial score (nSPS) is 14.0. The van der Waals surface area contributed by atoms with E-state index in [1.54, 1.807) is 0 Å². The first-order chi connectivity index (χ1) is 10.3. The monoisotopic (exact) mass is 283 g/mol. The molecule has 0 fully saturated rings. The van der Waals surface area contributed by atoms with Gasteiger partial charge in [-0.3, -0.25) is 0 Å². The maximum atomic E-state index is 11.1. The Morgan fingerprint density at radius 3 is 2.81 bits per heavy atom. The molecule has 1 aromatic carbocycles. The van der Waals surface area contributed by atoms with Gasteiger partial charge in [0.1, 0.15) is 0 Å². The summed E-state index contributed by atoms with van der Waals surface area (Å²) in [6, 6.07) is 10.3. The molecule has 0 radical (unpaired) electrons. The lowest BCUT2D eigenvalue weighted by atomic mass is 10.1. The molecule has 0 spiro atoms. The molecule has 0 aromatic heterocycles. The quantitative estimate of drug-likeness (QED) is 0.586. The molecule has 0 bridgehead atoms. The van der Waals surface area contributed by atoms with E-state index in [0.29, 0.717) is 0 Å². The summed E-state index contributed by atoms with van der Waals surface area (Å²) in [5.41, 5.74) is 2.50. The molecule has 0 amide bonds. The number of carbonyl (C=O) groups excluding carboxylic acids is 1. The zero-order valence-corrected chi connectivity index (χ0v) is 12.4. The minimum Gasteiger partial charge on any atom is -0.466 e. The number of hydrogen-bond acceptors (Lipinski definition) is 3. The van der Waals surface area contributed by atoms with Gasteiger partial charge in [0.2, 0.25) is 0 Å². The minimum absolute atomic E-state index is 0.305. The number of carbonyl (C=O) groups is 1. The van der Waals surface area contributed by atoms with Crippen molar-refractivity contribution < 1.29 is 9.53 Å². The highest BCUT2D eigenvalue weighted by atomic mass is 16.5. The summed E-state index contributed by atoms with van der Waals surface area (Å²) in [7, 11) is 1.39. The van der Waals surface area contributed by atoms with Gasteiger partial charge in [0, 0.05) is 24.0 Å². The Hall–Kier alpha value is -2.29. The summed E-state index contributed by atoms with van der Waals surface area (Å²) in [5, 5.41) is 0. The van der Waals surface area contributed by atoms with Gasteiger partial charge in [-0.15, -0.1) is 0 Å². The van der Waals surface area contributed by atoms with Gasteiger partial charge >= 0.3 is 5.97 Å². The highest BCUT2D eigenvalue weighted by molar-refractivity contribution is 5.81. The Balaban J connectivity index is 2.06. The zero-order valence-electron chi connectivity index (χ0n) is 12.4. The van der Waals surface area contributed by atoms with Crippen LogP contribution in [0.25, 0.3) is 0 Å². The lowest BCUT2D eigenvalue weighted by Gasteiger charge is -2.28. The third-order valence-electron chi connectivity index (χ3n) is 3.38. The van der Waals surface area contributed by atoms with Gasteiger partial charge in [-0.2, -0.15) is 0 Å². The van der Waals surface area contributed by atoms with Crippen molar-refractivity contribution in [3.8, 4) is 0 Å². The standard InChI is InChI=1S/C18H21NO2/c1-21-18(20)14-8-9-15-19(16-10-4-2-5-11-16)17-12-6-3-7-13-17/h2-6,8,10-12,14H,7,9,13,15H2,1H3/b14-8+. The number of rotatable bonds is 6. The first kappa shape index (κ1) is 15.1. The molecule has 3 nitrogen and oxygen atoms in total. The fourth-order valence-electron chi connectivity index (χ4n) is 2.31. The molecular formula is C18H21NO2. The number of hydrogen-bond donors (Lipinski definition) is 0. The highest BCUT2D eigenvalue weighted by Gasteiger charge is 2.11. The van der Waals surface area contributed by atoms with Crippen LogP contribution in [0.4, 0.5) is 5.69 Å². The number of esters is 1. The van der Waals surface area contributed by atoms with E-state index >= 15 is 0 Å². The van der Waals surface area contributed by atoms with Crippen LogP contribution >= 0.6 is 0 Å². The molecule has 1 aromatic rings. The predicted molar refractivity (Wildman–Crippen MR) is 86.0 cm³/mol. The van der Waals surface area contributed by atoms with E-state index in [4.69, 9.17) is 0 Å². The van der Waals surface area contributed by atoms with Crippen molar-refractivity contribution in [2.45, 2.75) is 19.3 Å². The number of ether oxygens (including phenoxy) is 1. The second-order valence-corrected chi connectivity index (χ2v) is 4.83. The van der Waals surface area contributed by atoms with Gasteiger partial charge < -0.3 is 9.64 Å². The number of methoxy groups -OCH3 is 1. The second-order valence-electron chi connectivity index (χ2n) is 4.83. The molecule has 0 N–H and O–H groups in total. The third-order valence-corrected chi connectivity index (χ3v) is 3.38. The molecule has 0 saturated heterocycles. The summed E-state index contributed by atoms with van der Waals surface area (Å²) in [4.78, 5) is 13.4. The summed E-state index contributed by atoms with van der Waals surface area (Å²) in [5.74, 6) is -0.305. The van der Waals surface area contributed by atoms with Crippen molar-refractivity contribution in [2.24, 2.45) is 0 Å². The average molecular weight is 283 g/mol. The van der Waals surface area contributed by atoms with E-state index < -0.39 is 0 Å². The summed E-state index contributed by atoms with van der Waals surface area (Å²) < 4.78 is 4.60. The molecule has 110 valence electrons. The molecule has 0 unspecified atom stereocenters. The van der Waals surface area contributed by atoms with Crippen LogP contribution in [0, 0.1) is 0 Å². The minimum atomic E-state index is -0.305. The van der Waals surface area contributed by atoms with E-state index in [0.717, 1.165) is 25.8 Å². The van der Waals surface area contributed by atoms with Crippen LogP contribution in [-0.4, -0.2) is 19.6 Å². The molecular weight excluding hydrogens is 262 g/mol. The summed E-state index contributed by atoms with van der Waals surface area (Å²) in [6.45, 7) is 0.844. The van der Waals surface area contributed by atoms with Crippen LogP contribution < -0.4 is 4.90 Å². The van der Waals surface area contributed by atoms with Gasteiger partial charge in [0.05, 0.1) is 7.11 Å². The number of benzene rings is 1. The molecule has 0 aliphatic heterocycles. The highest BCUT2D eigenvalue weighted by Crippen LogP contribution is 2.24. The van der Waals surface area contributed by atoms with Gasteiger partial charge in [-0.1, -0.05) is 36.4 Å². The number of allylic oxidation sites excluding steroid dienone is 4. The molecule has 0 saturated carbocycles. The lowest BCUT2D eigenvalue weighted by molar-refractivity contribution is -0.134. The van der Waals surface area contributed by atoms with Gasteiger partial charge in [-0.05, 0) is 37.5 Å². The Bertz CT molecular complexity index is 544. The van der Waals surface area contributed by atoms with Crippen molar-refractivity contribution in [1.82, 2.24) is 0 Å². The van der Waals surface area contributed by atoms with E-state index in [2.05, 4.69) is 40.0 Å².